The van der Waals surface area contributed by atoms with Crippen LogP contribution in [-0.4, -0.2) is 68.8 Å². The Bertz CT molecular complexity index is 1940. The van der Waals surface area contributed by atoms with Crippen LogP contribution in [-0.2, 0) is 23.8 Å². The van der Waals surface area contributed by atoms with Gasteiger partial charge in [0.2, 0.25) is 12.0 Å². The average molecular weight is 641 g/mol. The molecule has 0 spiro atoms. The van der Waals surface area contributed by atoms with Crippen LogP contribution in [0.5, 0.6) is 0 Å². The Hall–Kier alpha value is -5.12. The number of hydrogen-bond donors (Lipinski definition) is 2. The fourth-order valence-corrected chi connectivity index (χ4v) is 5.82. The van der Waals surface area contributed by atoms with E-state index in [0.29, 0.717) is 34.6 Å². The van der Waals surface area contributed by atoms with Gasteiger partial charge in [0, 0.05) is 59.0 Å². The van der Waals surface area contributed by atoms with Crippen molar-refractivity contribution in [1.29, 1.82) is 0 Å². The van der Waals surface area contributed by atoms with Crippen molar-refractivity contribution in [3.05, 3.63) is 107 Å². The van der Waals surface area contributed by atoms with Crippen molar-refractivity contribution in [2.75, 3.05) is 37.8 Å². The average Bonchev–Trinajstić information content (AvgIpc) is 3.39. The molecule has 0 aliphatic heterocycles. The highest BCUT2D eigenvalue weighted by Gasteiger charge is 2.17. The predicted octanol–water partition coefficient (Wildman–Crippen LogP) is 3.27. The van der Waals surface area contributed by atoms with Gasteiger partial charge in [0.05, 0.1) is 29.4 Å². The number of carbonyl (C=O) groups is 3. The Balaban J connectivity index is 1.46. The van der Waals surface area contributed by atoms with Gasteiger partial charge in [-0.2, -0.15) is 4.36 Å². The Kier molecular flexibility index (Phi) is 11.2. The third kappa shape index (κ3) is 8.97. The number of aromatic nitrogens is 3. The maximum Gasteiger partial charge on any atom is 0.299 e. The molecule has 4 aromatic rings. The summed E-state index contributed by atoms with van der Waals surface area (Å²) in [5.74, 6) is 4.76. The molecule has 12 heteroatoms. The molecule has 0 saturated heterocycles. The minimum Gasteiger partial charge on any atom is -0.351 e. The third-order valence-corrected chi connectivity index (χ3v) is 8.79. The molecule has 11 nitrogen and oxygen atoms in total. The minimum atomic E-state index is -3.17. The quantitative estimate of drug-likeness (QED) is 0.202. The lowest BCUT2D eigenvalue weighted by molar-refractivity contribution is -0.671. The maximum absolute atomic E-state index is 13.5. The summed E-state index contributed by atoms with van der Waals surface area (Å²) in [5.41, 5.74) is 2.66. The first-order valence-electron chi connectivity index (χ1n) is 14.8. The van der Waals surface area contributed by atoms with Crippen LogP contribution >= 0.6 is 0 Å². The topological polar surface area (TPSA) is 130 Å². The molecular weight excluding hydrogens is 602 g/mol. The molecule has 0 fully saturated rings. The lowest BCUT2D eigenvalue weighted by atomic mass is 10.1. The second-order valence-corrected chi connectivity index (χ2v) is 12.9. The molecular formula is C34H38N7O4S+. The molecule has 0 saturated carbocycles. The van der Waals surface area contributed by atoms with Crippen molar-refractivity contribution < 1.29 is 23.2 Å². The Morgan fingerprint density at radius 2 is 1.72 bits per heavy atom. The van der Waals surface area contributed by atoms with E-state index < -0.39 is 15.6 Å². The summed E-state index contributed by atoms with van der Waals surface area (Å²) in [6.45, 7) is 7.12. The van der Waals surface area contributed by atoms with E-state index in [9.17, 15) is 18.6 Å². The van der Waals surface area contributed by atoms with Gasteiger partial charge in [-0.15, -0.1) is 0 Å². The number of hydrogen-bond acceptors (Lipinski definition) is 6. The molecule has 0 bridgehead atoms. The summed E-state index contributed by atoms with van der Waals surface area (Å²) in [6.07, 6.45) is 7.74. The number of benzene rings is 2. The zero-order chi connectivity index (χ0) is 33.3. The van der Waals surface area contributed by atoms with E-state index in [0.717, 1.165) is 19.6 Å². The van der Waals surface area contributed by atoms with Gasteiger partial charge in [0.25, 0.3) is 17.7 Å². The van der Waals surface area contributed by atoms with Crippen LogP contribution in [0.25, 0.3) is 0 Å². The number of nitrogens with one attached hydrogen (secondary N) is 2. The highest BCUT2D eigenvalue weighted by molar-refractivity contribution is 7.93. The van der Waals surface area contributed by atoms with E-state index in [1.54, 1.807) is 71.2 Å². The fraction of sp³-hybridized carbons (Fsp3) is 0.265. The summed E-state index contributed by atoms with van der Waals surface area (Å²) in [7, 11) is 0.465. The SMILES string of the molecule is CCN(CC)CCNC(=O)c1cccc(S(C)(=O)=NC(=O)c2cncc(C#Cc3cccc(NC(=O)c4c[n+](C)cn4C)c3)c2)c1. The van der Waals surface area contributed by atoms with Gasteiger partial charge >= 0.3 is 0 Å². The number of carbonyl (C=O) groups excluding carboxylic acids is 3. The molecule has 238 valence electrons. The van der Waals surface area contributed by atoms with Crippen molar-refractivity contribution in [3.8, 4) is 11.8 Å². The smallest absolute Gasteiger partial charge is 0.299 e. The van der Waals surface area contributed by atoms with Crippen molar-refractivity contribution in [1.82, 2.24) is 19.8 Å². The monoisotopic (exact) mass is 640 g/mol. The standard InChI is InChI=1S/C34H37N7O4S/c1-6-41(7-2)17-16-36-32(42)27-11-9-13-30(20-27)46(5,45)38-33(43)28-18-26(21-35-22-28)15-14-25-10-8-12-29(19-25)37-34(44)31-23-39(3)24-40(31)4/h8-13,18-24H,6-7,16-17H2,1-5H3,(H-,36,37,42,44)/p+1. The van der Waals surface area contributed by atoms with Gasteiger partial charge in [0.1, 0.15) is 6.20 Å². The van der Waals surface area contributed by atoms with Crippen LogP contribution in [0.2, 0.25) is 0 Å². The van der Waals surface area contributed by atoms with Gasteiger partial charge in [-0.1, -0.05) is 37.8 Å². The number of amides is 3. The van der Waals surface area contributed by atoms with Crippen molar-refractivity contribution in [2.45, 2.75) is 18.7 Å². The maximum atomic E-state index is 13.5. The lowest BCUT2D eigenvalue weighted by Gasteiger charge is -2.18. The van der Waals surface area contributed by atoms with Gasteiger partial charge in [0.15, 0.2) is 0 Å². The lowest BCUT2D eigenvalue weighted by Crippen LogP contribution is -2.34. The molecule has 1 atom stereocenters. The van der Waals surface area contributed by atoms with E-state index in [1.165, 1.54) is 30.8 Å². The molecule has 0 radical (unpaired) electrons. The Labute approximate surface area is 269 Å². The highest BCUT2D eigenvalue weighted by atomic mass is 32.2. The second kappa shape index (κ2) is 15.2. The van der Waals surface area contributed by atoms with Crippen LogP contribution in [0.1, 0.15) is 56.2 Å². The van der Waals surface area contributed by atoms with E-state index in [1.807, 2.05) is 7.05 Å². The number of anilines is 1. The summed E-state index contributed by atoms with van der Waals surface area (Å²) in [5, 5.41) is 5.76. The van der Waals surface area contributed by atoms with E-state index in [-0.39, 0.29) is 22.3 Å². The molecule has 2 aromatic heterocycles. The zero-order valence-corrected chi connectivity index (χ0v) is 27.4. The summed E-state index contributed by atoms with van der Waals surface area (Å²) < 4.78 is 21.1. The van der Waals surface area contributed by atoms with Crippen LogP contribution in [0.3, 0.4) is 0 Å². The highest BCUT2D eigenvalue weighted by Crippen LogP contribution is 2.16. The summed E-state index contributed by atoms with van der Waals surface area (Å²) in [6, 6.07) is 15.0. The van der Waals surface area contributed by atoms with Gasteiger partial charge in [-0.3, -0.25) is 19.4 Å². The van der Waals surface area contributed by atoms with E-state index in [4.69, 9.17) is 0 Å². The number of nitrogens with zero attached hydrogens (tertiary/aromatic N) is 5. The van der Waals surface area contributed by atoms with Crippen LogP contribution in [0.4, 0.5) is 5.69 Å². The molecule has 1 unspecified atom stereocenters. The Morgan fingerprint density at radius 3 is 2.43 bits per heavy atom. The van der Waals surface area contributed by atoms with Crippen LogP contribution in [0.15, 0.2) is 88.8 Å². The van der Waals surface area contributed by atoms with Crippen molar-refractivity contribution in [2.24, 2.45) is 18.5 Å². The number of likely N-dealkylation sites (N-methyl/N-ethyl adjacent to an activating group) is 1. The largest absolute Gasteiger partial charge is 0.351 e. The summed E-state index contributed by atoms with van der Waals surface area (Å²) >= 11 is 0. The number of pyridine rings is 1. The second-order valence-electron chi connectivity index (χ2n) is 10.7. The fourth-order valence-electron chi connectivity index (χ4n) is 4.62. The molecule has 4 rings (SSSR count). The normalized spacial score (nSPS) is 12.0. The van der Waals surface area contributed by atoms with E-state index >= 15 is 0 Å². The van der Waals surface area contributed by atoms with Crippen molar-refractivity contribution in [3.63, 3.8) is 0 Å². The zero-order valence-electron chi connectivity index (χ0n) is 26.6. The van der Waals surface area contributed by atoms with Crippen LogP contribution in [0, 0.1) is 11.8 Å². The molecule has 3 amide bonds. The first kappa shape index (κ1) is 33.8. The third-order valence-electron chi connectivity index (χ3n) is 7.15. The number of aryl methyl sites for hydroxylation is 2. The van der Waals surface area contributed by atoms with Crippen molar-refractivity contribution >= 4 is 33.1 Å². The molecule has 2 aromatic carbocycles. The molecule has 2 N–H and O–H groups in total. The van der Waals surface area contributed by atoms with Gasteiger partial charge in [-0.25, -0.2) is 13.3 Å². The van der Waals surface area contributed by atoms with Gasteiger partial charge < -0.3 is 15.5 Å². The number of imidazole rings is 1. The van der Waals surface area contributed by atoms with E-state index in [2.05, 4.69) is 50.6 Å². The molecule has 46 heavy (non-hydrogen) atoms. The Morgan fingerprint density at radius 1 is 0.978 bits per heavy atom. The van der Waals surface area contributed by atoms with Crippen LogP contribution < -0.4 is 15.2 Å². The first-order chi connectivity index (χ1) is 22.0. The summed E-state index contributed by atoms with van der Waals surface area (Å²) in [4.78, 5) is 45.0. The molecule has 2 heterocycles. The predicted molar refractivity (Wildman–Crippen MR) is 177 cm³/mol. The first-order valence-corrected chi connectivity index (χ1v) is 16.7. The van der Waals surface area contributed by atoms with Gasteiger partial charge in [-0.05, 0) is 55.6 Å². The number of rotatable bonds is 10. The minimum absolute atomic E-state index is 0.128. The molecule has 0 aliphatic carbocycles. The molecule has 0 aliphatic rings.